The summed E-state index contributed by atoms with van der Waals surface area (Å²) in [6, 6.07) is 17.2. The van der Waals surface area contributed by atoms with Crippen LogP contribution in [0.3, 0.4) is 0 Å². The van der Waals surface area contributed by atoms with E-state index in [9.17, 15) is 9.59 Å². The average molecular weight is 353 g/mol. The summed E-state index contributed by atoms with van der Waals surface area (Å²) in [7, 11) is 0. The summed E-state index contributed by atoms with van der Waals surface area (Å²) < 4.78 is 5.21. The standard InChI is InChI=1S/C20H23N3O3/c1-16(24)22-11-13-23(14-12-22)19-9-7-18(8-10-19)21-20(25)26-15-17-5-3-2-4-6-17/h2-10H,11-15H2,1H3,(H,21,25). The number of hydrogen-bond donors (Lipinski definition) is 1. The Morgan fingerprint density at radius 2 is 1.62 bits per heavy atom. The Balaban J connectivity index is 1.48. The molecule has 1 saturated heterocycles. The molecule has 1 fully saturated rings. The van der Waals surface area contributed by atoms with Crippen molar-refractivity contribution < 1.29 is 14.3 Å². The summed E-state index contributed by atoms with van der Waals surface area (Å²) in [5.41, 5.74) is 2.72. The number of carbonyl (C=O) groups is 2. The first-order valence-corrected chi connectivity index (χ1v) is 8.70. The van der Waals surface area contributed by atoms with Gasteiger partial charge in [-0.3, -0.25) is 10.1 Å². The van der Waals surface area contributed by atoms with Gasteiger partial charge in [-0.25, -0.2) is 4.79 Å². The highest BCUT2D eigenvalue weighted by Crippen LogP contribution is 2.20. The minimum absolute atomic E-state index is 0.123. The van der Waals surface area contributed by atoms with Crippen LogP contribution in [-0.4, -0.2) is 43.1 Å². The van der Waals surface area contributed by atoms with Gasteiger partial charge in [0, 0.05) is 44.5 Å². The molecule has 2 aromatic carbocycles. The lowest BCUT2D eigenvalue weighted by Crippen LogP contribution is -2.48. The van der Waals surface area contributed by atoms with Gasteiger partial charge in [0.2, 0.25) is 5.91 Å². The number of benzene rings is 2. The lowest BCUT2D eigenvalue weighted by molar-refractivity contribution is -0.129. The Morgan fingerprint density at radius 1 is 0.962 bits per heavy atom. The molecule has 2 aromatic rings. The third-order valence-corrected chi connectivity index (χ3v) is 4.42. The number of carbonyl (C=O) groups excluding carboxylic acids is 2. The number of piperazine rings is 1. The van der Waals surface area contributed by atoms with E-state index >= 15 is 0 Å². The van der Waals surface area contributed by atoms with Crippen LogP contribution in [0.25, 0.3) is 0 Å². The van der Waals surface area contributed by atoms with Gasteiger partial charge in [0.15, 0.2) is 0 Å². The van der Waals surface area contributed by atoms with Gasteiger partial charge in [-0.05, 0) is 29.8 Å². The molecule has 0 aromatic heterocycles. The fourth-order valence-corrected chi connectivity index (χ4v) is 2.91. The highest BCUT2D eigenvalue weighted by molar-refractivity contribution is 5.84. The van der Waals surface area contributed by atoms with E-state index in [0.29, 0.717) is 5.69 Å². The number of anilines is 2. The van der Waals surface area contributed by atoms with Crippen molar-refractivity contribution in [3.8, 4) is 0 Å². The van der Waals surface area contributed by atoms with Crippen molar-refractivity contribution in [3.63, 3.8) is 0 Å². The summed E-state index contributed by atoms with van der Waals surface area (Å²) in [6.45, 7) is 4.94. The van der Waals surface area contributed by atoms with Crippen LogP contribution in [0.1, 0.15) is 12.5 Å². The monoisotopic (exact) mass is 353 g/mol. The molecule has 1 aliphatic rings. The number of nitrogens with one attached hydrogen (secondary N) is 1. The quantitative estimate of drug-likeness (QED) is 0.917. The lowest BCUT2D eigenvalue weighted by Gasteiger charge is -2.35. The summed E-state index contributed by atoms with van der Waals surface area (Å²) in [4.78, 5) is 27.4. The second-order valence-corrected chi connectivity index (χ2v) is 6.23. The molecular formula is C20H23N3O3. The molecule has 3 rings (SSSR count). The van der Waals surface area contributed by atoms with Crippen LogP contribution < -0.4 is 10.2 Å². The van der Waals surface area contributed by atoms with Crippen LogP contribution in [0.15, 0.2) is 54.6 Å². The van der Waals surface area contributed by atoms with Crippen molar-refractivity contribution in [1.82, 2.24) is 4.90 Å². The molecule has 26 heavy (non-hydrogen) atoms. The maximum atomic E-state index is 11.9. The Bertz CT molecular complexity index is 739. The first-order valence-electron chi connectivity index (χ1n) is 8.70. The molecule has 0 atom stereocenters. The van der Waals surface area contributed by atoms with Crippen molar-refractivity contribution in [2.45, 2.75) is 13.5 Å². The van der Waals surface area contributed by atoms with Crippen LogP contribution in [0, 0.1) is 0 Å². The first kappa shape index (κ1) is 17.8. The van der Waals surface area contributed by atoms with E-state index < -0.39 is 6.09 Å². The van der Waals surface area contributed by atoms with Gasteiger partial charge >= 0.3 is 6.09 Å². The molecule has 6 nitrogen and oxygen atoms in total. The minimum atomic E-state index is -0.475. The predicted octanol–water partition coefficient (Wildman–Crippen LogP) is 3.10. The van der Waals surface area contributed by atoms with Crippen molar-refractivity contribution in [3.05, 3.63) is 60.2 Å². The van der Waals surface area contributed by atoms with Crippen molar-refractivity contribution >= 4 is 23.4 Å². The molecule has 0 unspecified atom stereocenters. The largest absolute Gasteiger partial charge is 0.444 e. The fourth-order valence-electron chi connectivity index (χ4n) is 2.91. The van der Waals surface area contributed by atoms with Gasteiger partial charge in [0.05, 0.1) is 0 Å². The van der Waals surface area contributed by atoms with Crippen LogP contribution in [-0.2, 0) is 16.1 Å². The van der Waals surface area contributed by atoms with E-state index in [0.717, 1.165) is 37.4 Å². The molecule has 0 spiro atoms. The third-order valence-electron chi connectivity index (χ3n) is 4.42. The van der Waals surface area contributed by atoms with Crippen LogP contribution >= 0.6 is 0 Å². The van der Waals surface area contributed by atoms with E-state index in [4.69, 9.17) is 4.74 Å². The normalized spacial score (nSPS) is 14.0. The number of hydrogen-bond acceptors (Lipinski definition) is 4. The summed E-state index contributed by atoms with van der Waals surface area (Å²) in [6.07, 6.45) is -0.475. The van der Waals surface area contributed by atoms with Crippen LogP contribution in [0.4, 0.5) is 16.2 Å². The van der Waals surface area contributed by atoms with Gasteiger partial charge in [0.25, 0.3) is 0 Å². The highest BCUT2D eigenvalue weighted by atomic mass is 16.5. The number of ether oxygens (including phenoxy) is 1. The van der Waals surface area contributed by atoms with Crippen molar-refractivity contribution in [1.29, 1.82) is 0 Å². The molecular weight excluding hydrogens is 330 g/mol. The second kappa shape index (κ2) is 8.38. The first-order chi connectivity index (χ1) is 12.6. The molecule has 1 N–H and O–H groups in total. The van der Waals surface area contributed by atoms with Crippen molar-refractivity contribution in [2.75, 3.05) is 36.4 Å². The lowest BCUT2D eigenvalue weighted by atomic mass is 10.2. The predicted molar refractivity (Wildman–Crippen MR) is 101 cm³/mol. The number of amides is 2. The van der Waals surface area contributed by atoms with Gasteiger partial charge in [-0.15, -0.1) is 0 Å². The average Bonchev–Trinajstić information content (AvgIpc) is 2.68. The third kappa shape index (κ3) is 4.75. The highest BCUT2D eigenvalue weighted by Gasteiger charge is 2.18. The number of nitrogens with zero attached hydrogens (tertiary/aromatic N) is 2. The fraction of sp³-hybridized carbons (Fsp3) is 0.300. The summed E-state index contributed by atoms with van der Waals surface area (Å²) in [5.74, 6) is 0.123. The van der Waals surface area contributed by atoms with Gasteiger partial charge in [-0.2, -0.15) is 0 Å². The second-order valence-electron chi connectivity index (χ2n) is 6.23. The molecule has 0 aliphatic carbocycles. The maximum Gasteiger partial charge on any atom is 0.411 e. The van der Waals surface area contributed by atoms with E-state index in [2.05, 4.69) is 10.2 Å². The molecule has 0 radical (unpaired) electrons. The molecule has 136 valence electrons. The van der Waals surface area contributed by atoms with Crippen molar-refractivity contribution in [2.24, 2.45) is 0 Å². The number of rotatable bonds is 4. The maximum absolute atomic E-state index is 11.9. The molecule has 1 aliphatic heterocycles. The zero-order valence-corrected chi connectivity index (χ0v) is 14.9. The Labute approximate surface area is 153 Å². The Hall–Kier alpha value is -3.02. The minimum Gasteiger partial charge on any atom is -0.444 e. The SMILES string of the molecule is CC(=O)N1CCN(c2ccc(NC(=O)OCc3ccccc3)cc2)CC1. The zero-order valence-electron chi connectivity index (χ0n) is 14.9. The molecule has 0 bridgehead atoms. The molecule has 6 heteroatoms. The van der Waals surface area contributed by atoms with E-state index in [1.807, 2.05) is 59.5 Å². The molecule has 2 amide bonds. The topological polar surface area (TPSA) is 61.9 Å². The van der Waals surface area contributed by atoms with Gasteiger partial charge < -0.3 is 14.5 Å². The van der Waals surface area contributed by atoms with E-state index in [1.54, 1.807) is 6.92 Å². The van der Waals surface area contributed by atoms with E-state index in [-0.39, 0.29) is 12.5 Å². The van der Waals surface area contributed by atoms with E-state index in [1.165, 1.54) is 0 Å². The van der Waals surface area contributed by atoms with Gasteiger partial charge in [0.1, 0.15) is 6.61 Å². The van der Waals surface area contributed by atoms with Gasteiger partial charge in [-0.1, -0.05) is 30.3 Å². The molecule has 1 heterocycles. The Kier molecular flexibility index (Phi) is 5.73. The van der Waals surface area contributed by atoms with Crippen LogP contribution in [0.5, 0.6) is 0 Å². The summed E-state index contributed by atoms with van der Waals surface area (Å²) in [5, 5.41) is 2.73. The zero-order chi connectivity index (χ0) is 18.4. The Morgan fingerprint density at radius 3 is 2.23 bits per heavy atom. The molecule has 0 saturated carbocycles. The van der Waals surface area contributed by atoms with Crippen LogP contribution in [0.2, 0.25) is 0 Å². The smallest absolute Gasteiger partial charge is 0.411 e. The summed E-state index contributed by atoms with van der Waals surface area (Å²) >= 11 is 0.